The Morgan fingerprint density at radius 3 is 2.35 bits per heavy atom. The summed E-state index contributed by atoms with van der Waals surface area (Å²) in [5.74, 6) is 1.89. The van der Waals surface area contributed by atoms with Gasteiger partial charge in [-0.3, -0.25) is 5.32 Å². The van der Waals surface area contributed by atoms with Gasteiger partial charge in [-0.25, -0.2) is 13.2 Å². The average molecular weight is 295 g/mol. The number of hydrogen-bond acceptors (Lipinski definition) is 5. The molecule has 1 unspecified atom stereocenters. The van der Waals surface area contributed by atoms with Crippen molar-refractivity contribution in [3.63, 3.8) is 0 Å². The highest BCUT2D eigenvalue weighted by molar-refractivity contribution is 7.90. The van der Waals surface area contributed by atoms with Crippen LogP contribution in [-0.4, -0.2) is 34.3 Å². The molecule has 0 aromatic heterocycles. The summed E-state index contributed by atoms with van der Waals surface area (Å²) in [5.41, 5.74) is -0.552. The lowest BCUT2D eigenvalue weighted by molar-refractivity contribution is -0.148. The minimum Gasteiger partial charge on any atom is -0.467 e. The zero-order valence-electron chi connectivity index (χ0n) is 11.6. The Bertz CT molecular complexity index is 628. The summed E-state index contributed by atoms with van der Waals surface area (Å²) in [7, 11) is -2.00. The first-order valence-electron chi connectivity index (χ1n) is 5.83. The van der Waals surface area contributed by atoms with Crippen LogP contribution in [-0.2, 0) is 24.9 Å². The van der Waals surface area contributed by atoms with Gasteiger partial charge >= 0.3 is 5.97 Å². The number of benzene rings is 1. The van der Waals surface area contributed by atoms with Crippen LogP contribution in [0.25, 0.3) is 0 Å². The maximum absolute atomic E-state index is 12.0. The quantitative estimate of drug-likeness (QED) is 0.639. The first-order valence-corrected chi connectivity index (χ1v) is 7.72. The second-order valence-electron chi connectivity index (χ2n) is 4.47. The summed E-state index contributed by atoms with van der Waals surface area (Å²) in [6.45, 7) is 1.81. The largest absolute Gasteiger partial charge is 0.467 e. The maximum Gasteiger partial charge on any atom is 0.330 e. The standard InChI is InChI=1S/C14H17NO4S/c1-5-10-15-14(2,13(16)19-3)11-6-8-12(9-7-11)20(4,17)18/h1,6-9,15H,10H2,2-4H3. The zero-order valence-corrected chi connectivity index (χ0v) is 12.5. The van der Waals surface area contributed by atoms with Crippen LogP contribution in [0, 0.1) is 12.3 Å². The molecule has 5 nitrogen and oxygen atoms in total. The summed E-state index contributed by atoms with van der Waals surface area (Å²) in [4.78, 5) is 12.1. The van der Waals surface area contributed by atoms with E-state index in [-0.39, 0.29) is 11.4 Å². The Balaban J connectivity index is 3.22. The van der Waals surface area contributed by atoms with Gasteiger partial charge < -0.3 is 4.74 Å². The number of terminal acetylenes is 1. The van der Waals surface area contributed by atoms with Crippen molar-refractivity contribution in [2.45, 2.75) is 17.4 Å². The lowest BCUT2D eigenvalue weighted by Gasteiger charge is -2.27. The third kappa shape index (κ3) is 3.38. The predicted molar refractivity (Wildman–Crippen MR) is 75.8 cm³/mol. The molecule has 0 aliphatic rings. The highest BCUT2D eigenvalue weighted by Crippen LogP contribution is 2.23. The first kappa shape index (κ1) is 16.2. The van der Waals surface area contributed by atoms with Gasteiger partial charge in [-0.2, -0.15) is 0 Å². The van der Waals surface area contributed by atoms with E-state index in [4.69, 9.17) is 11.2 Å². The molecule has 0 saturated carbocycles. The molecule has 1 N–H and O–H groups in total. The van der Waals surface area contributed by atoms with Crippen LogP contribution in [0.5, 0.6) is 0 Å². The van der Waals surface area contributed by atoms with Crippen LogP contribution < -0.4 is 5.32 Å². The van der Waals surface area contributed by atoms with Gasteiger partial charge in [0.25, 0.3) is 0 Å². The molecule has 6 heteroatoms. The third-order valence-corrected chi connectivity index (χ3v) is 4.13. The van der Waals surface area contributed by atoms with Crippen LogP contribution in [0.4, 0.5) is 0 Å². The van der Waals surface area contributed by atoms with E-state index in [1.807, 2.05) is 0 Å². The minimum absolute atomic E-state index is 0.180. The third-order valence-electron chi connectivity index (χ3n) is 3.00. The lowest BCUT2D eigenvalue weighted by Crippen LogP contribution is -2.47. The number of carbonyl (C=O) groups is 1. The first-order chi connectivity index (χ1) is 9.25. The van der Waals surface area contributed by atoms with Gasteiger partial charge in [0.15, 0.2) is 9.84 Å². The van der Waals surface area contributed by atoms with Gasteiger partial charge in [0.05, 0.1) is 18.6 Å². The summed E-state index contributed by atoms with van der Waals surface area (Å²) < 4.78 is 27.6. The molecule has 1 aromatic carbocycles. The molecule has 0 bridgehead atoms. The number of ether oxygens (including phenoxy) is 1. The van der Waals surface area contributed by atoms with E-state index in [1.54, 1.807) is 19.1 Å². The van der Waals surface area contributed by atoms with Gasteiger partial charge in [0.2, 0.25) is 0 Å². The van der Waals surface area contributed by atoms with Crippen molar-refractivity contribution in [3.05, 3.63) is 29.8 Å². The number of rotatable bonds is 5. The fraction of sp³-hybridized carbons (Fsp3) is 0.357. The molecule has 1 rings (SSSR count). The Morgan fingerprint density at radius 1 is 1.40 bits per heavy atom. The topological polar surface area (TPSA) is 72.5 Å². The highest BCUT2D eigenvalue weighted by Gasteiger charge is 2.35. The van der Waals surface area contributed by atoms with Crippen molar-refractivity contribution in [1.29, 1.82) is 0 Å². The highest BCUT2D eigenvalue weighted by atomic mass is 32.2. The SMILES string of the molecule is C#CCNC(C)(C(=O)OC)c1ccc(S(C)(=O)=O)cc1. The summed E-state index contributed by atoms with van der Waals surface area (Å²) >= 11 is 0. The molecule has 1 atom stereocenters. The Morgan fingerprint density at radius 2 is 1.95 bits per heavy atom. The molecule has 1 aromatic rings. The molecular weight excluding hydrogens is 278 g/mol. The number of nitrogens with one attached hydrogen (secondary N) is 1. The molecule has 0 aliphatic heterocycles. The van der Waals surface area contributed by atoms with Gasteiger partial charge in [-0.15, -0.1) is 6.42 Å². The number of carbonyl (C=O) groups excluding carboxylic acids is 1. The van der Waals surface area contributed by atoms with Crippen LogP contribution in [0.1, 0.15) is 12.5 Å². The fourth-order valence-electron chi connectivity index (χ4n) is 1.76. The van der Waals surface area contributed by atoms with Crippen LogP contribution in [0.2, 0.25) is 0 Å². The lowest BCUT2D eigenvalue weighted by atomic mass is 9.92. The Labute approximate surface area is 119 Å². The monoisotopic (exact) mass is 295 g/mol. The van der Waals surface area contributed by atoms with E-state index >= 15 is 0 Å². The number of methoxy groups -OCH3 is 1. The number of hydrogen-bond donors (Lipinski definition) is 1. The maximum atomic E-state index is 12.0. The minimum atomic E-state index is -3.28. The van der Waals surface area contributed by atoms with Gasteiger partial charge in [0.1, 0.15) is 5.54 Å². The van der Waals surface area contributed by atoms with E-state index in [1.165, 1.54) is 19.2 Å². The molecular formula is C14H17NO4S. The van der Waals surface area contributed by atoms with Crippen molar-refractivity contribution >= 4 is 15.8 Å². The molecule has 0 fully saturated rings. The molecule has 0 radical (unpaired) electrons. The van der Waals surface area contributed by atoms with Crippen molar-refractivity contribution in [2.24, 2.45) is 0 Å². The van der Waals surface area contributed by atoms with E-state index in [2.05, 4.69) is 11.2 Å². The van der Waals surface area contributed by atoms with Crippen molar-refractivity contribution in [2.75, 3.05) is 19.9 Å². The van der Waals surface area contributed by atoms with Gasteiger partial charge in [0, 0.05) is 6.26 Å². The smallest absolute Gasteiger partial charge is 0.330 e. The predicted octanol–water partition coefficient (Wildman–Crippen LogP) is 0.701. The molecule has 0 spiro atoms. The Kier molecular flexibility index (Phi) is 4.93. The molecule has 20 heavy (non-hydrogen) atoms. The van der Waals surface area contributed by atoms with Crippen LogP contribution in [0.3, 0.4) is 0 Å². The molecule has 0 saturated heterocycles. The molecule has 0 heterocycles. The summed E-state index contributed by atoms with van der Waals surface area (Å²) in [6, 6.07) is 6.03. The number of esters is 1. The van der Waals surface area contributed by atoms with E-state index in [0.29, 0.717) is 5.56 Å². The second kappa shape index (κ2) is 6.07. The van der Waals surface area contributed by atoms with Crippen molar-refractivity contribution in [1.82, 2.24) is 5.32 Å². The summed E-state index contributed by atoms with van der Waals surface area (Å²) in [6.07, 6.45) is 6.32. The number of sulfone groups is 1. The van der Waals surface area contributed by atoms with Crippen molar-refractivity contribution < 1.29 is 17.9 Å². The van der Waals surface area contributed by atoms with E-state index in [9.17, 15) is 13.2 Å². The Hall–Kier alpha value is -1.84. The zero-order chi connectivity index (χ0) is 15.4. The van der Waals surface area contributed by atoms with Crippen LogP contribution in [0.15, 0.2) is 29.2 Å². The summed E-state index contributed by atoms with van der Waals surface area (Å²) in [5, 5.41) is 2.91. The normalized spacial score (nSPS) is 14.1. The average Bonchev–Trinajstić information content (AvgIpc) is 2.43. The molecule has 108 valence electrons. The van der Waals surface area contributed by atoms with Crippen LogP contribution >= 0.6 is 0 Å². The van der Waals surface area contributed by atoms with Gasteiger partial charge in [-0.1, -0.05) is 18.1 Å². The van der Waals surface area contributed by atoms with E-state index in [0.717, 1.165) is 6.26 Å². The van der Waals surface area contributed by atoms with Crippen molar-refractivity contribution in [3.8, 4) is 12.3 Å². The fourth-order valence-corrected chi connectivity index (χ4v) is 2.39. The molecule has 0 aliphatic carbocycles. The van der Waals surface area contributed by atoms with Gasteiger partial charge in [-0.05, 0) is 24.6 Å². The molecule has 0 amide bonds. The second-order valence-corrected chi connectivity index (χ2v) is 6.49. The van der Waals surface area contributed by atoms with E-state index < -0.39 is 21.3 Å².